The lowest BCUT2D eigenvalue weighted by Crippen LogP contribution is -2.73. The number of aliphatic hydroxyl groups excluding tert-OH is 28. The van der Waals surface area contributed by atoms with Gasteiger partial charge in [-0.2, -0.15) is 0 Å². The summed E-state index contributed by atoms with van der Waals surface area (Å²) in [7, 11) is 0. The highest BCUT2D eigenvalue weighted by Gasteiger charge is 2.67. The summed E-state index contributed by atoms with van der Waals surface area (Å²) in [4.78, 5) is 62.8. The first-order chi connectivity index (χ1) is 67.7. The fraction of sp³-hybridized carbons (Fsp3) is 0.938. The molecule has 56 atom stereocenters. The number of carboxylic acid groups (broad SMARTS) is 3. The number of aliphatic hydroxyl groups is 30. The quantitative estimate of drug-likeness (QED) is 0.0253. The third-order valence-electron chi connectivity index (χ3n) is 27.5. The number of carbonyl (C=O) groups excluding carboxylic acids is 2. The van der Waals surface area contributed by atoms with Crippen LogP contribution in [0, 0.1) is 23.7 Å². The summed E-state index contributed by atoms with van der Waals surface area (Å²) in [6.45, 7) is -8.09. The van der Waals surface area contributed by atoms with Gasteiger partial charge in [-0.3, -0.25) is 9.59 Å². The SMILES string of the molecule is CC1C(O)[C@H](O[C@@H]2OC(CO[C@]3(C(=O)O)C[C@@H](O)[C@@H](N)[C@@](O)(C(O)CO)O3)[C@H](O)C(O)[C@@H]2O)[C@H](CO)O[C@H]1O[C@@H]1C(O)[C@H](O)C(CO)O[C@@H]1OCC1O[C@@H](O[C@@H]2C(CO)O[C@@H](O[C@@H]3C(CO)O[C@@H](NC(=O)CC(NC(=O)CBr)C(=O)O)[C@@H](C)C3O)[C@@H](C)C2O)[C@H](O)C(O[C@H]2OC(CO)[C@@H](O)C(O)C2O[C@@H]2OC(CO)[C@@H](O[C@@H]3OC(CO[C@]4(C(=O)O)C[C@@H](O)[C@@H](N)[C@@](O)(C(O)CO)O4)[C@H](O)C(O)[C@@H]3O)C(O)[C@@H]2C)[C@@H]1O. The Bertz CT molecular complexity index is 4090. The monoisotopic (exact) mass is 2170 g/mol. The number of halogens is 1. The van der Waals surface area contributed by atoms with Crippen LogP contribution in [0.15, 0.2) is 0 Å². The number of alkyl halides is 1. The van der Waals surface area contributed by atoms with Crippen molar-refractivity contribution in [2.24, 2.45) is 35.1 Å². The molecule has 11 aliphatic heterocycles. The number of amides is 2. The van der Waals surface area contributed by atoms with Crippen molar-refractivity contribution in [2.45, 2.75) is 365 Å². The lowest BCUT2D eigenvalue weighted by Gasteiger charge is -2.51. The molecule has 0 aliphatic carbocycles. The normalized spacial score (nSPS) is 48.9. The van der Waals surface area contributed by atoms with Gasteiger partial charge in [0.05, 0.1) is 133 Å². The predicted molar refractivity (Wildman–Crippen MR) is 448 cm³/mol. The Morgan fingerprint density at radius 1 is 0.354 bits per heavy atom. The van der Waals surface area contributed by atoms with Gasteiger partial charge in [0, 0.05) is 36.5 Å². The molecule has 11 heterocycles. The molecule has 11 fully saturated rings. The topological polar surface area (TPSA) is 1020 Å². The molecule has 39 N–H and O–H groups in total. The summed E-state index contributed by atoms with van der Waals surface area (Å²) in [6.07, 6.45) is -97.7. The molecular weight excluding hydrogens is 2040 g/mol. The van der Waals surface area contributed by atoms with Crippen molar-refractivity contribution in [1.29, 1.82) is 0 Å². The Morgan fingerprint density at radius 2 is 0.667 bits per heavy atom. The molecule has 0 aromatic rings. The van der Waals surface area contributed by atoms with Crippen LogP contribution in [0.4, 0.5) is 0 Å². The Hall–Kier alpha value is -4.29. The molecule has 11 aliphatic rings. The van der Waals surface area contributed by atoms with Crippen LogP contribution in [0.5, 0.6) is 0 Å². The van der Waals surface area contributed by atoms with E-state index in [-0.39, 0.29) is 5.33 Å². The number of carbonyl (C=O) groups is 5. The highest BCUT2D eigenvalue weighted by atomic mass is 79.9. The summed E-state index contributed by atoms with van der Waals surface area (Å²) < 4.78 is 124. The van der Waals surface area contributed by atoms with Crippen molar-refractivity contribution >= 4 is 45.7 Å². The van der Waals surface area contributed by atoms with Crippen molar-refractivity contribution in [3.63, 3.8) is 0 Å². The van der Waals surface area contributed by atoms with Crippen LogP contribution in [0.3, 0.4) is 0 Å². The number of carboxylic acids is 3. The number of ether oxygens (including phenoxy) is 21. The lowest BCUT2D eigenvalue weighted by molar-refractivity contribution is -0.409. The van der Waals surface area contributed by atoms with Crippen LogP contribution in [0.25, 0.3) is 0 Å². The second-order valence-electron chi connectivity index (χ2n) is 37.2. The lowest BCUT2D eigenvalue weighted by atomic mass is 9.88. The Labute approximate surface area is 823 Å². The van der Waals surface area contributed by atoms with Gasteiger partial charge in [0.15, 0.2) is 50.3 Å². The number of aliphatic carboxylic acids is 3. The maximum absolute atomic E-state index is 13.2. The van der Waals surface area contributed by atoms with E-state index in [2.05, 4.69) is 26.6 Å². The van der Waals surface area contributed by atoms with Crippen LogP contribution < -0.4 is 22.1 Å². The second-order valence-corrected chi connectivity index (χ2v) is 37.7. The van der Waals surface area contributed by atoms with Gasteiger partial charge in [-0.15, -0.1) is 0 Å². The molecule has 22 unspecified atom stereocenters. The van der Waals surface area contributed by atoms with Gasteiger partial charge in [0.1, 0.15) is 195 Å². The second kappa shape index (κ2) is 50.3. The van der Waals surface area contributed by atoms with Crippen molar-refractivity contribution in [3.05, 3.63) is 0 Å². The van der Waals surface area contributed by atoms with E-state index in [1.807, 2.05) is 0 Å². The average molecular weight is 2170 g/mol. The standard InChI is InChI=1S/C80H133BrN4O59/c1-20-40(100)56(29(11-88)127-65(20)85-38(98)5-24(66(116)117)84-39(99)8-81)136-67-21(2)41(101)59(32(14-91)130-67)139-72-55(115)60(140-74-62(52(112)45(105)28(10-87)129-74)142-69-23(4)43(103)58(31(13-90)132-69)138-71-54(114)50(110)47(107)35(135-71)19-126-78(76(120)121)7-26(95)64(83)80(123,144-78)37(97)16-93)48(108)33(133-72)17-124-73-61(51(111)44(104)27(9-86)128-73)141-68-22(3)42(102)57(30(12-89)131-68)137-70-53(113)49(109)46(106)34(134-70)18-125-77(75(118)119)6-25(94)63(82)79(122,143-77)36(96)15-92/h20-37,40-65,67-74,86-97,100-115,122-123H,5-19,82-83H2,1-4H3,(H,84,99)(H,85,98)(H,116,117)(H,118,119)(H,120,121)/t20-,21-,22?,23-,24?,25+,26+,27?,28?,29?,30-,31?,32?,33?,34?,35?,36?,37?,40?,41?,42?,43?,44+,45+,46-,47-,48+,49?,50?,51?,52?,53-,54-,55+,56+,57+,58+,59+,60?,61+,62?,63+,64+,65+,67-,68-,69-,70-,71-,72-,73-,74+,77+,78+,79+,80+/m0/s1. The first-order valence-electron chi connectivity index (χ1n) is 45.8. The highest BCUT2D eigenvalue weighted by Crippen LogP contribution is 2.46. The first-order valence-corrected chi connectivity index (χ1v) is 46.9. The maximum Gasteiger partial charge on any atom is 0.364 e. The molecule has 2 amide bonds. The number of hydrogen-bond acceptors (Lipinski definition) is 58. The van der Waals surface area contributed by atoms with E-state index < -0.39 is 463 Å². The highest BCUT2D eigenvalue weighted by molar-refractivity contribution is 9.09. The molecule has 0 radical (unpaired) electrons. The molecule has 0 bridgehead atoms. The summed E-state index contributed by atoms with van der Waals surface area (Å²) in [5, 5.41) is 371. The summed E-state index contributed by atoms with van der Waals surface area (Å²) in [5.74, 6) is -26.1. The van der Waals surface area contributed by atoms with E-state index in [9.17, 15) is 192 Å². The minimum absolute atomic E-state index is 0.325. The molecule has 0 saturated carbocycles. The molecule has 0 aromatic heterocycles. The van der Waals surface area contributed by atoms with Crippen molar-refractivity contribution in [1.82, 2.24) is 10.6 Å². The van der Waals surface area contributed by atoms with Crippen LogP contribution in [0.1, 0.15) is 47.0 Å². The van der Waals surface area contributed by atoms with E-state index >= 15 is 0 Å². The molecule has 64 heteroatoms. The number of hydrogen-bond donors (Lipinski definition) is 37. The van der Waals surface area contributed by atoms with Gasteiger partial charge in [0.25, 0.3) is 11.6 Å². The fourth-order valence-corrected chi connectivity index (χ4v) is 18.6. The third kappa shape index (κ3) is 25.0. The molecule has 0 spiro atoms. The smallest absolute Gasteiger partial charge is 0.364 e. The van der Waals surface area contributed by atoms with Gasteiger partial charge in [0.2, 0.25) is 23.4 Å². The fourth-order valence-electron chi connectivity index (χ4n) is 18.5. The van der Waals surface area contributed by atoms with E-state index in [0.29, 0.717) is 0 Å². The Morgan fingerprint density at radius 3 is 1.03 bits per heavy atom. The molecule has 63 nitrogen and oxygen atoms in total. The van der Waals surface area contributed by atoms with E-state index in [0.717, 1.165) is 0 Å². The third-order valence-corrected chi connectivity index (χ3v) is 28.1. The van der Waals surface area contributed by atoms with Crippen molar-refractivity contribution in [3.8, 4) is 0 Å². The summed E-state index contributed by atoms with van der Waals surface area (Å²) in [6, 6.07) is -5.69. The van der Waals surface area contributed by atoms with Crippen LogP contribution in [-0.4, -0.2) is 594 Å². The van der Waals surface area contributed by atoms with E-state index in [4.69, 9.17) is 111 Å². The zero-order valence-electron chi connectivity index (χ0n) is 77.0. The maximum atomic E-state index is 13.2. The summed E-state index contributed by atoms with van der Waals surface area (Å²) >= 11 is 2.88. The van der Waals surface area contributed by atoms with Crippen LogP contribution in [-0.2, 0) is 123 Å². The van der Waals surface area contributed by atoms with Gasteiger partial charge < -0.3 is 290 Å². The molecule has 0 aromatic carbocycles. The molecule has 144 heavy (non-hydrogen) atoms. The van der Waals surface area contributed by atoms with Crippen LogP contribution >= 0.6 is 15.9 Å². The molecule has 11 saturated heterocycles. The van der Waals surface area contributed by atoms with E-state index in [1.54, 1.807) is 0 Å². The largest absolute Gasteiger partial charge is 0.480 e. The zero-order valence-corrected chi connectivity index (χ0v) is 78.6. The van der Waals surface area contributed by atoms with Gasteiger partial charge in [-0.1, -0.05) is 43.6 Å². The van der Waals surface area contributed by atoms with E-state index in [1.165, 1.54) is 27.7 Å². The minimum atomic E-state index is -3.23. The first kappa shape index (κ1) is 120. The molecular formula is C80H133BrN4O59. The number of rotatable bonds is 41. The average Bonchev–Trinajstić information content (AvgIpc) is 0.732. The molecule has 834 valence electrons. The van der Waals surface area contributed by atoms with Gasteiger partial charge in [-0.05, 0) is 0 Å². The number of nitrogens with two attached hydrogens (primary N) is 2. The van der Waals surface area contributed by atoms with Crippen LogP contribution in [0.2, 0.25) is 0 Å². The van der Waals surface area contributed by atoms with Gasteiger partial charge in [-0.25, -0.2) is 14.4 Å². The Balaban J connectivity index is 0.843. The number of nitrogens with one attached hydrogen (secondary N) is 2. The minimum Gasteiger partial charge on any atom is -0.480 e. The van der Waals surface area contributed by atoms with Gasteiger partial charge >= 0.3 is 17.9 Å². The predicted octanol–water partition coefficient (Wildman–Crippen LogP) is -22.1. The van der Waals surface area contributed by atoms with Crippen molar-refractivity contribution in [2.75, 3.05) is 78.0 Å². The van der Waals surface area contributed by atoms with Crippen molar-refractivity contribution < 1.29 is 292 Å². The molecule has 11 rings (SSSR count). The summed E-state index contributed by atoms with van der Waals surface area (Å²) in [5.41, 5.74) is 11.6. The Kier molecular flexibility index (Phi) is 41.9. The zero-order chi connectivity index (χ0) is 107.